The van der Waals surface area contributed by atoms with Crippen molar-refractivity contribution in [1.29, 1.82) is 0 Å². The predicted octanol–water partition coefficient (Wildman–Crippen LogP) is 27.0. The van der Waals surface area contributed by atoms with E-state index in [1.807, 2.05) is 0 Å². The van der Waals surface area contributed by atoms with Crippen LogP contribution in [0.2, 0.25) is 0 Å². The molecular formula is C100H64N4. The minimum Gasteiger partial charge on any atom is -0.309 e. The summed E-state index contributed by atoms with van der Waals surface area (Å²) < 4.78 is 9.65. The van der Waals surface area contributed by atoms with E-state index in [4.69, 9.17) is 0 Å². The summed E-state index contributed by atoms with van der Waals surface area (Å²) in [4.78, 5) is 0. The first-order valence-corrected chi connectivity index (χ1v) is 35.9. The lowest BCUT2D eigenvalue weighted by molar-refractivity contribution is 1.18. The smallest absolute Gasteiger partial charge is 0.0547 e. The van der Waals surface area contributed by atoms with Crippen LogP contribution in [-0.4, -0.2) is 18.3 Å². The van der Waals surface area contributed by atoms with Gasteiger partial charge < -0.3 is 18.3 Å². The molecule has 0 bridgehead atoms. The minimum atomic E-state index is 1.16. The molecule has 4 heteroatoms. The second-order valence-electron chi connectivity index (χ2n) is 27.6. The molecule has 4 nitrogen and oxygen atoms in total. The van der Waals surface area contributed by atoms with Crippen LogP contribution in [0.15, 0.2) is 388 Å². The lowest BCUT2D eigenvalue weighted by Gasteiger charge is -2.11. The molecule has 0 fully saturated rings. The average Bonchev–Trinajstić information content (AvgIpc) is 1.59. The number of hydrogen-bond donors (Lipinski definition) is 0. The lowest BCUT2D eigenvalue weighted by atomic mass is 9.97. The lowest BCUT2D eigenvalue weighted by Crippen LogP contribution is -1.94. The third-order valence-corrected chi connectivity index (χ3v) is 21.8. The third-order valence-electron chi connectivity index (χ3n) is 21.8. The van der Waals surface area contributed by atoms with Gasteiger partial charge in [0.1, 0.15) is 0 Å². The van der Waals surface area contributed by atoms with E-state index in [0.717, 1.165) is 11.4 Å². The van der Waals surface area contributed by atoms with Gasteiger partial charge in [-0.3, -0.25) is 0 Å². The molecule has 4 heterocycles. The van der Waals surface area contributed by atoms with Crippen LogP contribution in [0.4, 0.5) is 0 Å². The number of nitrogens with zero attached hydrogens (tertiary/aromatic N) is 4. The quantitative estimate of drug-likeness (QED) is 0.144. The van der Waals surface area contributed by atoms with Crippen LogP contribution in [0.3, 0.4) is 0 Å². The first kappa shape index (κ1) is 59.1. The monoisotopic (exact) mass is 1320 g/mol. The van der Waals surface area contributed by atoms with E-state index in [1.165, 1.54) is 186 Å². The van der Waals surface area contributed by atoms with Crippen molar-refractivity contribution < 1.29 is 0 Å². The fraction of sp³-hybridized carbons (Fsp3) is 0. The highest BCUT2D eigenvalue weighted by atomic mass is 15.0. The maximum Gasteiger partial charge on any atom is 0.0547 e. The van der Waals surface area contributed by atoms with Crippen LogP contribution in [0.5, 0.6) is 0 Å². The molecule has 484 valence electrons. The fourth-order valence-corrected chi connectivity index (χ4v) is 16.9. The summed E-state index contributed by atoms with van der Waals surface area (Å²) in [6.07, 6.45) is 0. The zero-order valence-electron chi connectivity index (χ0n) is 56.7. The van der Waals surface area contributed by atoms with Gasteiger partial charge in [0.05, 0.1) is 44.1 Å². The van der Waals surface area contributed by atoms with Crippen molar-refractivity contribution in [1.82, 2.24) is 18.3 Å². The van der Waals surface area contributed by atoms with Gasteiger partial charge in [-0.2, -0.15) is 0 Å². The standard InChI is InChI=1S/2C50H32N2/c1-2-10-33(11-3-1)35-18-24-40(25-19-35)51-46-16-8-6-14-43(46)44-28-22-38(32-49(44)51)37-21-27-42-39(30-37)23-29-48-50(42)45-15-7-9-17-47(45)52(48)41-26-20-34-12-4-5-13-36(34)31-41;1-2-10-33(11-3-1)35-18-24-40(25-19-35)51-46-16-8-6-14-43(46)45-32-38(22-28-48(45)51)37-21-27-42-39(30-37)23-29-49-50(42)44-15-7-9-17-47(44)52(49)41-26-20-34-12-4-5-13-36(34)31-41/h2*1-32H. The Balaban J connectivity index is 0.000000134. The number of hydrogen-bond acceptors (Lipinski definition) is 0. The van der Waals surface area contributed by atoms with E-state index < -0.39 is 0 Å². The summed E-state index contributed by atoms with van der Waals surface area (Å²) in [6, 6.07) is 142. The summed E-state index contributed by atoms with van der Waals surface area (Å²) in [5.41, 5.74) is 24.2. The number of benzene rings is 18. The Morgan fingerprint density at radius 3 is 0.913 bits per heavy atom. The van der Waals surface area contributed by atoms with Gasteiger partial charge in [-0.25, -0.2) is 0 Å². The van der Waals surface area contributed by atoms with E-state index in [0.29, 0.717) is 0 Å². The number of aromatic nitrogens is 4. The van der Waals surface area contributed by atoms with Crippen LogP contribution in [0.1, 0.15) is 0 Å². The number of para-hydroxylation sites is 4. The molecule has 0 aliphatic carbocycles. The van der Waals surface area contributed by atoms with Crippen molar-refractivity contribution in [3.63, 3.8) is 0 Å². The molecule has 0 saturated carbocycles. The molecule has 0 amide bonds. The first-order chi connectivity index (χ1) is 51.6. The van der Waals surface area contributed by atoms with Crippen LogP contribution >= 0.6 is 0 Å². The summed E-state index contributed by atoms with van der Waals surface area (Å²) in [7, 11) is 0. The van der Waals surface area contributed by atoms with E-state index in [9.17, 15) is 0 Å². The highest BCUT2D eigenvalue weighted by Gasteiger charge is 2.21. The van der Waals surface area contributed by atoms with Crippen molar-refractivity contribution in [2.45, 2.75) is 0 Å². The predicted molar refractivity (Wildman–Crippen MR) is 442 cm³/mol. The topological polar surface area (TPSA) is 19.7 Å². The van der Waals surface area contributed by atoms with Gasteiger partial charge in [0.2, 0.25) is 0 Å². The van der Waals surface area contributed by atoms with Crippen molar-refractivity contribution >= 4 is 130 Å². The third kappa shape index (κ3) is 9.61. The SMILES string of the molecule is c1ccc(-c2ccc(-n3c4ccccc4c4cc(-c5ccc6c(ccc7c6c6ccccc6n7-c6ccc7ccccc7c6)c5)ccc43)cc2)cc1.c1ccc(-c2ccc(-n3c4ccccc4c4ccc(-c5ccc6c(ccc7c6c6ccccc6n7-c6ccc7ccccc7c6)c5)cc43)cc2)cc1. The summed E-state index contributed by atoms with van der Waals surface area (Å²) in [6.45, 7) is 0. The molecule has 0 spiro atoms. The van der Waals surface area contributed by atoms with Gasteiger partial charge >= 0.3 is 0 Å². The molecule has 18 aromatic carbocycles. The maximum atomic E-state index is 2.42. The summed E-state index contributed by atoms with van der Waals surface area (Å²) in [5.74, 6) is 0. The van der Waals surface area contributed by atoms with Crippen LogP contribution in [-0.2, 0) is 0 Å². The van der Waals surface area contributed by atoms with E-state index in [-0.39, 0.29) is 0 Å². The molecule has 0 unspecified atom stereocenters. The zero-order valence-corrected chi connectivity index (χ0v) is 56.7. The molecule has 4 aromatic heterocycles. The normalized spacial score (nSPS) is 11.8. The molecule has 22 aromatic rings. The van der Waals surface area contributed by atoms with Gasteiger partial charge in [-0.15, -0.1) is 0 Å². The molecule has 104 heavy (non-hydrogen) atoms. The Bertz CT molecular complexity index is 7180. The highest BCUT2D eigenvalue weighted by molar-refractivity contribution is 6.24. The Kier molecular flexibility index (Phi) is 13.6. The van der Waals surface area contributed by atoms with E-state index >= 15 is 0 Å². The van der Waals surface area contributed by atoms with Gasteiger partial charge in [0.25, 0.3) is 0 Å². The van der Waals surface area contributed by atoms with Crippen LogP contribution in [0, 0.1) is 0 Å². The molecular weight excluding hydrogens is 1260 g/mol. The highest BCUT2D eigenvalue weighted by Crippen LogP contribution is 2.44. The Morgan fingerprint density at radius 2 is 0.423 bits per heavy atom. The Labute approximate surface area is 600 Å². The molecule has 0 radical (unpaired) electrons. The molecule has 0 aliphatic heterocycles. The number of fused-ring (bicyclic) bond motifs is 18. The van der Waals surface area contributed by atoms with Gasteiger partial charge in [0.15, 0.2) is 0 Å². The Hall–Kier alpha value is -13.8. The Morgan fingerprint density at radius 1 is 0.125 bits per heavy atom. The second-order valence-corrected chi connectivity index (χ2v) is 27.6. The molecule has 0 saturated heterocycles. The van der Waals surface area contributed by atoms with Crippen molar-refractivity contribution in [2.24, 2.45) is 0 Å². The average molecular weight is 1320 g/mol. The van der Waals surface area contributed by atoms with Crippen LogP contribution < -0.4 is 0 Å². The van der Waals surface area contributed by atoms with Crippen molar-refractivity contribution in [3.8, 4) is 67.3 Å². The molecule has 0 atom stereocenters. The maximum absolute atomic E-state index is 2.42. The molecule has 0 aliphatic rings. The van der Waals surface area contributed by atoms with E-state index in [2.05, 4.69) is 407 Å². The second kappa shape index (κ2) is 24.0. The van der Waals surface area contributed by atoms with Crippen molar-refractivity contribution in [3.05, 3.63) is 388 Å². The number of rotatable bonds is 8. The fourth-order valence-electron chi connectivity index (χ4n) is 16.9. The van der Waals surface area contributed by atoms with Crippen LogP contribution in [0.25, 0.3) is 198 Å². The van der Waals surface area contributed by atoms with Gasteiger partial charge in [-0.1, -0.05) is 273 Å². The zero-order chi connectivity index (χ0) is 68.3. The van der Waals surface area contributed by atoms with E-state index in [1.54, 1.807) is 0 Å². The molecule has 0 N–H and O–H groups in total. The minimum absolute atomic E-state index is 1.16. The van der Waals surface area contributed by atoms with Gasteiger partial charge in [-0.05, 0) is 203 Å². The van der Waals surface area contributed by atoms with Crippen molar-refractivity contribution in [2.75, 3.05) is 0 Å². The molecule has 22 rings (SSSR count). The summed E-state index contributed by atoms with van der Waals surface area (Å²) in [5, 5.41) is 20.2. The first-order valence-electron chi connectivity index (χ1n) is 35.9. The van der Waals surface area contributed by atoms with Gasteiger partial charge in [0, 0.05) is 65.8 Å². The largest absolute Gasteiger partial charge is 0.309 e. The summed E-state index contributed by atoms with van der Waals surface area (Å²) >= 11 is 0.